The van der Waals surface area contributed by atoms with Crippen molar-refractivity contribution >= 4 is 138 Å². The number of rotatable bonds is 19. The highest BCUT2D eigenvalue weighted by molar-refractivity contribution is 6.81. The van der Waals surface area contributed by atoms with Crippen LogP contribution >= 0.6 is 0 Å². The third-order valence-corrected chi connectivity index (χ3v) is 22.4. The molecule has 0 saturated carbocycles. The zero-order chi connectivity index (χ0) is 101. The standard InChI is InChI=1S/C32H42N2O4.C28H28N2O4.C27H26N4O.C22H31N5O4/c1-30(2,3)24(35)16-20-15-23(34(9)10)12-11-19(20)13-21-14-22(17-25(36)31(4,5)6)29(38)27-28(21)33-26(37)18-32(27,7)8;1-28(2,3)27(33)29-22-14-19(30(4)5)15-26-20(22)12-18-13-21(24(32)16-25(18)34-26)23(31)11-17-9-7-6-8-10-17;1-27(2,3)25(32)17-21-15-22(31(6)7)14-13-20(21)16-23(29-4)26(24(18-28)30-5)19-11-9-8-10-12-19;1-21(2,3)20(30)24-15-12-13(26(7)8)10-11-14(15)23-16-17(19(29)31-9)25-27(18(16)28)22(4,5)6/h11-15,38H,16-18H2,1-10H3;6-10,12-16,31H,11H2,1-5H3;8-16H,17H2,1-3,6-7H3;10-12H,1-9H3,(H,24,30)/b;;23-16?,26-24-;. The molecule has 3 heterocycles. The maximum atomic E-state index is 13.0. The number of Topliss-reactive ketones (excluding diaryl/α,β-unsaturated/α-hetero) is 3. The van der Waals surface area contributed by atoms with E-state index in [2.05, 4.69) is 35.1 Å². The smallest absolute Gasteiger partial charge is 0.361 e. The van der Waals surface area contributed by atoms with E-state index in [1.54, 1.807) is 96.1 Å². The highest BCUT2D eigenvalue weighted by Gasteiger charge is 2.43. The maximum absolute atomic E-state index is 13.0. The second-order valence-electron chi connectivity index (χ2n) is 41.1. The molecule has 4 amide bonds. The van der Waals surface area contributed by atoms with Crippen LogP contribution in [0, 0.1) is 51.6 Å². The number of phenols is 1. The van der Waals surface area contributed by atoms with Crippen molar-refractivity contribution < 1.29 is 57.7 Å². The van der Waals surface area contributed by atoms with Gasteiger partial charge in [0.15, 0.2) is 22.5 Å². The van der Waals surface area contributed by atoms with Gasteiger partial charge in [-0.2, -0.15) is 5.10 Å². The van der Waals surface area contributed by atoms with Crippen LogP contribution in [-0.4, -0.2) is 143 Å². The van der Waals surface area contributed by atoms with Crippen LogP contribution in [0.4, 0.5) is 34.1 Å². The predicted octanol–water partition coefficient (Wildman–Crippen LogP) is 17.5. The third kappa shape index (κ3) is 26.9. The summed E-state index contributed by atoms with van der Waals surface area (Å²) in [5, 5.41) is 42.9. The minimum atomic E-state index is -0.760. The first kappa shape index (κ1) is 106. The molecule has 3 N–H and O–H groups in total. The van der Waals surface area contributed by atoms with Crippen LogP contribution < -0.4 is 51.5 Å². The molecule has 0 bridgehead atoms. The van der Waals surface area contributed by atoms with Crippen molar-refractivity contribution in [3.63, 3.8) is 0 Å². The van der Waals surface area contributed by atoms with Gasteiger partial charge < -0.3 is 44.3 Å². The first-order valence-corrected chi connectivity index (χ1v) is 44.3. The second kappa shape index (κ2) is 42.5. The number of phenolic OH excluding ortho intramolecular Hbond substituents is 1. The molecular weight excluding hydrogens is 1700 g/mol. The Balaban J connectivity index is 0.000000222. The molecule has 0 fully saturated rings. The van der Waals surface area contributed by atoms with E-state index in [-0.39, 0.29) is 112 Å². The van der Waals surface area contributed by atoms with Gasteiger partial charge in [-0.1, -0.05) is 190 Å². The molecule has 0 radical (unpaired) electrons. The minimum Gasteiger partial charge on any atom is -0.511 e. The minimum absolute atomic E-state index is 0.00558. The lowest BCUT2D eigenvalue weighted by Crippen LogP contribution is -2.42. The topological polar surface area (TPSA) is 327 Å². The number of nitrogens with one attached hydrogen (secondary N) is 1. The highest BCUT2D eigenvalue weighted by Crippen LogP contribution is 2.39. The van der Waals surface area contributed by atoms with Crippen LogP contribution in [0.2, 0.25) is 0 Å². The fourth-order valence-corrected chi connectivity index (χ4v) is 13.9. The van der Waals surface area contributed by atoms with Crippen molar-refractivity contribution in [1.29, 1.82) is 5.26 Å². The van der Waals surface area contributed by atoms with E-state index in [0.717, 1.165) is 50.6 Å². The fourth-order valence-electron chi connectivity index (χ4n) is 13.9. The summed E-state index contributed by atoms with van der Waals surface area (Å²) in [5.41, 5.74) is 6.68. The number of hydrazone groups is 1. The lowest BCUT2D eigenvalue weighted by atomic mass is 9.76. The number of esters is 1. The van der Waals surface area contributed by atoms with Gasteiger partial charge in [0.2, 0.25) is 11.8 Å². The summed E-state index contributed by atoms with van der Waals surface area (Å²) in [7, 11) is 16.5. The second-order valence-corrected chi connectivity index (χ2v) is 41.1. The summed E-state index contributed by atoms with van der Waals surface area (Å²) < 4.78 is 10.9. The number of anilines is 5. The lowest BCUT2D eigenvalue weighted by Gasteiger charge is -2.29. The molecule has 1 aromatic heterocycles. The first-order chi connectivity index (χ1) is 62.6. The Morgan fingerprint density at radius 3 is 1.62 bits per heavy atom. The monoisotopic (exact) mass is 1830 g/mol. The molecule has 2 aliphatic rings. The molecule has 26 nitrogen and oxygen atoms in total. The number of nitriles is 1. The quantitative estimate of drug-likeness (QED) is 0.0223. The number of aromatic hydroxyl groups is 1. The van der Waals surface area contributed by atoms with Crippen molar-refractivity contribution in [2.45, 2.75) is 182 Å². The summed E-state index contributed by atoms with van der Waals surface area (Å²) in [5.74, 6) is -1.74. The van der Waals surface area contributed by atoms with Crippen LogP contribution in [-0.2, 0) is 74.2 Å². The Labute approximate surface area is 792 Å². The van der Waals surface area contributed by atoms with Crippen LogP contribution in [0.25, 0.3) is 55.1 Å². The molecule has 9 aromatic rings. The van der Waals surface area contributed by atoms with Crippen molar-refractivity contribution in [1.82, 2.24) is 5.01 Å². The predicted molar refractivity (Wildman–Crippen MR) is 539 cm³/mol. The average molecular weight is 1830 g/mol. The van der Waals surface area contributed by atoms with Gasteiger partial charge in [0.1, 0.15) is 40.0 Å². The van der Waals surface area contributed by atoms with Gasteiger partial charge in [-0.3, -0.25) is 38.4 Å². The van der Waals surface area contributed by atoms with Crippen molar-refractivity contribution in [2.75, 3.05) is 88.4 Å². The number of ketones is 3. The van der Waals surface area contributed by atoms with Crippen LogP contribution in [0.3, 0.4) is 0 Å². The molecule has 135 heavy (non-hydrogen) atoms. The van der Waals surface area contributed by atoms with Gasteiger partial charge >= 0.3 is 5.97 Å². The SMILES string of the molecule is CN(C)c1cc(=NC(=O)C(C)(C)C)c2cc3cc(=C(O)Cc4ccccc4)c(=O)cc3oc2c1.CN(C)c1ccc(C=c2cc(CC(=O)C(C)(C)C)c(O)c3c2=NC(=O)CC3(C)C)c(CC(=O)C(C)(C)C)c1.COC(=O)C1=NN(C(C)(C)C)C(=O)C1=Nc1ccc(N(C)C)cc1NC(=O)C(C)(C)C.[C-]#[N+]C(=Cc1ccc(N(C)C)cc1CC(=O)C(C)(C)C)/C(=C(/C#N)[N+]#[C-])c1ccccc1. The number of nitrogens with zero attached hydrogens (tertiary/aromatic N) is 12. The summed E-state index contributed by atoms with van der Waals surface area (Å²) in [6.45, 7) is 52.3. The molecule has 11 rings (SSSR count). The van der Waals surface area contributed by atoms with Crippen molar-refractivity contribution in [3.8, 4) is 11.8 Å². The summed E-state index contributed by atoms with van der Waals surface area (Å²) in [6, 6.07) is 47.7. The number of carbonyl (C=O) groups is 8. The number of ether oxygens (including phenoxy) is 1. The maximum Gasteiger partial charge on any atom is 0.361 e. The number of hydrogen-bond acceptors (Lipinski definition) is 20. The van der Waals surface area contributed by atoms with E-state index in [0.29, 0.717) is 71.5 Å². The van der Waals surface area contributed by atoms with E-state index >= 15 is 0 Å². The molecule has 8 aromatic carbocycles. The highest BCUT2D eigenvalue weighted by atomic mass is 16.5. The number of carbonyl (C=O) groups excluding carboxylic acids is 8. The van der Waals surface area contributed by atoms with E-state index in [4.69, 9.17) is 22.3 Å². The van der Waals surface area contributed by atoms with Crippen LogP contribution in [0.1, 0.15) is 189 Å². The Morgan fingerprint density at radius 1 is 0.607 bits per heavy atom. The van der Waals surface area contributed by atoms with Crippen molar-refractivity contribution in [3.05, 3.63) is 262 Å². The fraction of sp³-hybridized carbons (Fsp3) is 0.376. The van der Waals surface area contributed by atoms with Crippen LogP contribution in [0.15, 0.2) is 192 Å². The molecule has 0 spiro atoms. The number of aliphatic hydroxyl groups is 1. The Kier molecular flexibility index (Phi) is 33.3. The van der Waals surface area contributed by atoms with E-state index in [1.807, 2.05) is 282 Å². The number of methoxy groups -OCH3 is 1. The Hall–Kier alpha value is -14.6. The number of fused-ring (bicyclic) bond motifs is 3. The number of hydrogen-bond donors (Lipinski definition) is 3. The Morgan fingerprint density at radius 2 is 1.13 bits per heavy atom. The zero-order valence-corrected chi connectivity index (χ0v) is 83.4. The van der Waals surface area contributed by atoms with E-state index < -0.39 is 49.9 Å². The third-order valence-electron chi connectivity index (χ3n) is 22.4. The molecule has 706 valence electrons. The molecule has 0 unspecified atom stereocenters. The number of amides is 4. The zero-order valence-electron chi connectivity index (χ0n) is 83.4. The Bertz CT molecular complexity index is 6750. The van der Waals surface area contributed by atoms with Gasteiger partial charge in [-0.15, -0.1) is 0 Å². The van der Waals surface area contributed by atoms with Crippen LogP contribution in [0.5, 0.6) is 5.75 Å². The summed E-state index contributed by atoms with van der Waals surface area (Å²) in [6.07, 6.45) is 4.57. The molecule has 0 saturated heterocycles. The van der Waals surface area contributed by atoms with E-state index in [1.165, 1.54) is 18.2 Å². The average Bonchev–Trinajstić information content (AvgIpc) is 1.18. The first-order valence-electron chi connectivity index (χ1n) is 44.3. The van der Waals surface area contributed by atoms with Gasteiger partial charge in [-0.25, -0.2) is 39.7 Å². The molecule has 0 atom stereocenters. The molecule has 0 aliphatic carbocycles. The number of aliphatic imine (C=N–C) groups is 1. The van der Waals surface area contributed by atoms with Gasteiger partial charge in [0, 0.05) is 189 Å². The number of allylic oxidation sites excluding steroid dienone is 2. The normalized spacial score (nSPS) is 14.3. The molecular formula is C109H127N13O13. The van der Waals surface area contributed by atoms with Crippen molar-refractivity contribution in [2.24, 2.45) is 47.2 Å². The largest absolute Gasteiger partial charge is 0.511 e. The summed E-state index contributed by atoms with van der Waals surface area (Å²) in [4.78, 5) is 143. The lowest BCUT2D eigenvalue weighted by molar-refractivity contribution is -0.132. The van der Waals surface area contributed by atoms with Gasteiger partial charge in [-0.05, 0) is 133 Å². The van der Waals surface area contributed by atoms with Gasteiger partial charge in [0.25, 0.3) is 17.5 Å². The number of benzene rings is 8. The molecule has 2 aliphatic heterocycles. The summed E-state index contributed by atoms with van der Waals surface area (Å²) >= 11 is 0. The van der Waals surface area contributed by atoms with Gasteiger partial charge in [0.05, 0.1) is 59.2 Å². The van der Waals surface area contributed by atoms with E-state index in [9.17, 15) is 58.6 Å². The molecule has 26 heteroatoms. The number of aliphatic hydroxyl groups excluding tert-OH is 1.